The third-order valence-corrected chi connectivity index (χ3v) is 3.79. The minimum Gasteiger partial charge on any atom is -0.388 e. The third-order valence-electron chi connectivity index (χ3n) is 3.79. The molecule has 1 atom stereocenters. The average Bonchev–Trinajstić information content (AvgIpc) is 2.16. The summed E-state index contributed by atoms with van der Waals surface area (Å²) >= 11 is 0. The highest BCUT2D eigenvalue weighted by Crippen LogP contribution is 2.37. The molecule has 1 unspecified atom stereocenters. The van der Waals surface area contributed by atoms with Crippen LogP contribution >= 0.6 is 0 Å². The summed E-state index contributed by atoms with van der Waals surface area (Å²) in [5.41, 5.74) is 5.28. The smallest absolute Gasteiger partial charge is 0.0823 e. The van der Waals surface area contributed by atoms with Crippen molar-refractivity contribution >= 4 is 0 Å². The van der Waals surface area contributed by atoms with Gasteiger partial charge in [0.25, 0.3) is 0 Å². The van der Waals surface area contributed by atoms with Crippen molar-refractivity contribution in [2.45, 2.75) is 76.4 Å². The van der Waals surface area contributed by atoms with E-state index in [2.05, 4.69) is 6.92 Å². The number of aliphatic hydroxyl groups is 1. The van der Waals surface area contributed by atoms with Gasteiger partial charge in [-0.3, -0.25) is 0 Å². The molecule has 0 aliphatic heterocycles. The summed E-state index contributed by atoms with van der Waals surface area (Å²) in [6, 6.07) is 0. The summed E-state index contributed by atoms with van der Waals surface area (Å²) in [6.45, 7) is 4.19. The quantitative estimate of drug-likeness (QED) is 0.731. The fraction of sp³-hybridized carbons (Fsp3) is 1.00. The predicted octanol–water partition coefficient (Wildman–Crippen LogP) is 2.59. The van der Waals surface area contributed by atoms with E-state index in [4.69, 9.17) is 5.73 Å². The molecule has 0 bridgehead atoms. The molecule has 0 aromatic carbocycles. The van der Waals surface area contributed by atoms with Crippen LogP contribution < -0.4 is 5.73 Å². The molecule has 0 amide bonds. The fourth-order valence-electron chi connectivity index (χ4n) is 2.48. The largest absolute Gasteiger partial charge is 0.388 e. The molecule has 2 heteroatoms. The van der Waals surface area contributed by atoms with Gasteiger partial charge >= 0.3 is 0 Å². The second-order valence-electron chi connectivity index (χ2n) is 5.11. The highest BCUT2D eigenvalue weighted by Gasteiger charge is 2.43. The van der Waals surface area contributed by atoms with Crippen LogP contribution in [0.4, 0.5) is 0 Å². The maximum absolute atomic E-state index is 10.5. The molecule has 0 aromatic heterocycles. The van der Waals surface area contributed by atoms with Crippen LogP contribution in [0.5, 0.6) is 0 Å². The third kappa shape index (κ3) is 2.48. The van der Waals surface area contributed by atoms with E-state index >= 15 is 0 Å². The molecule has 3 N–H and O–H groups in total. The van der Waals surface area contributed by atoms with Crippen molar-refractivity contribution in [1.29, 1.82) is 0 Å². The van der Waals surface area contributed by atoms with Crippen LogP contribution in [0.25, 0.3) is 0 Å². The van der Waals surface area contributed by atoms with Gasteiger partial charge in [0.2, 0.25) is 0 Å². The van der Waals surface area contributed by atoms with Gasteiger partial charge in [0, 0.05) is 5.54 Å². The number of unbranched alkanes of at least 4 members (excludes halogenated alkanes) is 1. The van der Waals surface area contributed by atoms with Crippen molar-refractivity contribution in [2.75, 3.05) is 0 Å². The molecule has 0 aromatic rings. The van der Waals surface area contributed by atoms with Gasteiger partial charge in [0.15, 0.2) is 0 Å². The molecule has 0 spiro atoms. The molecular weight excluding hydrogens is 174 g/mol. The number of hydrogen-bond acceptors (Lipinski definition) is 2. The van der Waals surface area contributed by atoms with Gasteiger partial charge in [0.1, 0.15) is 0 Å². The normalized spacial score (nSPS) is 25.7. The summed E-state index contributed by atoms with van der Waals surface area (Å²) in [4.78, 5) is 0. The highest BCUT2D eigenvalue weighted by molar-refractivity contribution is 5.01. The van der Waals surface area contributed by atoms with Gasteiger partial charge in [-0.2, -0.15) is 0 Å². The maximum atomic E-state index is 10.5. The Labute approximate surface area is 87.9 Å². The summed E-state index contributed by atoms with van der Waals surface area (Å²) in [6.07, 6.45) is 8.53. The zero-order valence-corrected chi connectivity index (χ0v) is 9.68. The van der Waals surface area contributed by atoms with Crippen LogP contribution in [0, 0.1) is 0 Å². The van der Waals surface area contributed by atoms with E-state index in [1.165, 1.54) is 6.42 Å². The van der Waals surface area contributed by atoms with Crippen LogP contribution in [-0.4, -0.2) is 16.2 Å². The van der Waals surface area contributed by atoms with Gasteiger partial charge < -0.3 is 10.8 Å². The van der Waals surface area contributed by atoms with E-state index in [9.17, 15) is 5.11 Å². The molecular formula is C12H25NO. The number of hydrogen-bond donors (Lipinski definition) is 2. The second kappa shape index (κ2) is 4.63. The van der Waals surface area contributed by atoms with Crippen molar-refractivity contribution in [3.8, 4) is 0 Å². The van der Waals surface area contributed by atoms with Crippen molar-refractivity contribution in [3.63, 3.8) is 0 Å². The topological polar surface area (TPSA) is 46.2 Å². The Hall–Kier alpha value is -0.0800. The SMILES string of the molecule is CCCCC(C)(N)C1(O)CCCCC1. The lowest BCUT2D eigenvalue weighted by Crippen LogP contribution is -2.59. The van der Waals surface area contributed by atoms with Gasteiger partial charge in [-0.15, -0.1) is 0 Å². The highest BCUT2D eigenvalue weighted by atomic mass is 16.3. The first kappa shape index (κ1) is 12.0. The van der Waals surface area contributed by atoms with Gasteiger partial charge in [0.05, 0.1) is 5.60 Å². The predicted molar refractivity (Wildman–Crippen MR) is 60.2 cm³/mol. The first-order chi connectivity index (χ1) is 6.52. The van der Waals surface area contributed by atoms with E-state index in [0.717, 1.165) is 44.9 Å². The molecule has 2 nitrogen and oxygen atoms in total. The minimum atomic E-state index is -0.597. The molecule has 0 saturated heterocycles. The molecule has 1 rings (SSSR count). The van der Waals surface area contributed by atoms with E-state index in [1.807, 2.05) is 6.92 Å². The summed E-state index contributed by atoms with van der Waals surface area (Å²) < 4.78 is 0. The maximum Gasteiger partial charge on any atom is 0.0823 e. The van der Waals surface area contributed by atoms with Crippen LogP contribution in [0.15, 0.2) is 0 Å². The molecule has 14 heavy (non-hydrogen) atoms. The second-order valence-corrected chi connectivity index (χ2v) is 5.11. The lowest BCUT2D eigenvalue weighted by atomic mass is 9.70. The Bertz CT molecular complexity index is 171. The van der Waals surface area contributed by atoms with Gasteiger partial charge in [-0.25, -0.2) is 0 Å². The van der Waals surface area contributed by atoms with Crippen LogP contribution in [0.2, 0.25) is 0 Å². The average molecular weight is 199 g/mol. The number of rotatable bonds is 4. The first-order valence-electron chi connectivity index (χ1n) is 6.03. The van der Waals surface area contributed by atoms with Crippen molar-refractivity contribution < 1.29 is 5.11 Å². The Balaban J connectivity index is 2.57. The standard InChI is InChI=1S/C12H25NO/c1-3-4-8-11(2,13)12(14)9-6-5-7-10-12/h14H,3-10,13H2,1-2H3. The Morgan fingerprint density at radius 1 is 1.29 bits per heavy atom. The van der Waals surface area contributed by atoms with Crippen LogP contribution in [0.1, 0.15) is 65.2 Å². The molecule has 1 fully saturated rings. The van der Waals surface area contributed by atoms with Crippen molar-refractivity contribution in [1.82, 2.24) is 0 Å². The van der Waals surface area contributed by atoms with Crippen LogP contribution in [-0.2, 0) is 0 Å². The van der Waals surface area contributed by atoms with E-state index < -0.39 is 5.60 Å². The zero-order chi connectivity index (χ0) is 10.7. The van der Waals surface area contributed by atoms with Crippen LogP contribution in [0.3, 0.4) is 0 Å². The first-order valence-corrected chi connectivity index (χ1v) is 6.03. The molecule has 1 saturated carbocycles. The lowest BCUT2D eigenvalue weighted by Gasteiger charge is -2.45. The molecule has 0 radical (unpaired) electrons. The lowest BCUT2D eigenvalue weighted by molar-refractivity contribution is -0.0615. The van der Waals surface area contributed by atoms with Gasteiger partial charge in [-0.1, -0.05) is 39.0 Å². The summed E-state index contributed by atoms with van der Waals surface area (Å²) in [5.74, 6) is 0. The van der Waals surface area contributed by atoms with E-state index in [0.29, 0.717) is 0 Å². The number of nitrogens with two attached hydrogens (primary N) is 1. The van der Waals surface area contributed by atoms with E-state index in [-0.39, 0.29) is 5.54 Å². The molecule has 0 heterocycles. The van der Waals surface area contributed by atoms with Crippen molar-refractivity contribution in [3.05, 3.63) is 0 Å². The zero-order valence-electron chi connectivity index (χ0n) is 9.68. The summed E-state index contributed by atoms with van der Waals surface area (Å²) in [7, 11) is 0. The minimum absolute atomic E-state index is 0.385. The molecule has 1 aliphatic carbocycles. The monoisotopic (exact) mass is 199 g/mol. The van der Waals surface area contributed by atoms with E-state index in [1.54, 1.807) is 0 Å². The molecule has 1 aliphatic rings. The summed E-state index contributed by atoms with van der Waals surface area (Å²) in [5, 5.41) is 10.5. The Kier molecular flexibility index (Phi) is 3.96. The van der Waals surface area contributed by atoms with Gasteiger partial charge in [-0.05, 0) is 26.2 Å². The van der Waals surface area contributed by atoms with Crippen molar-refractivity contribution in [2.24, 2.45) is 5.73 Å². The molecule has 84 valence electrons. The Morgan fingerprint density at radius 2 is 1.86 bits per heavy atom. The Morgan fingerprint density at radius 3 is 2.36 bits per heavy atom. The fourth-order valence-corrected chi connectivity index (χ4v) is 2.48.